The fourth-order valence-electron chi connectivity index (χ4n) is 2.46. The predicted octanol–water partition coefficient (Wildman–Crippen LogP) is 5.17. The molecule has 0 aliphatic rings. The first-order valence-electron chi connectivity index (χ1n) is 8.49. The highest BCUT2D eigenvalue weighted by Crippen LogP contribution is 2.38. The molecule has 146 valence electrons. The Morgan fingerprint density at radius 1 is 1.04 bits per heavy atom. The van der Waals surface area contributed by atoms with Crippen molar-refractivity contribution >= 4 is 5.97 Å². The molecule has 0 aromatic heterocycles. The minimum atomic E-state index is -4.54. The van der Waals surface area contributed by atoms with Crippen molar-refractivity contribution in [3.05, 3.63) is 53.1 Å². The molecule has 0 aliphatic heterocycles. The van der Waals surface area contributed by atoms with Gasteiger partial charge in [-0.05, 0) is 36.2 Å². The van der Waals surface area contributed by atoms with Crippen molar-refractivity contribution in [2.24, 2.45) is 0 Å². The fourth-order valence-corrected chi connectivity index (χ4v) is 2.46. The van der Waals surface area contributed by atoms with E-state index < -0.39 is 17.7 Å². The monoisotopic (exact) mass is 382 g/mol. The zero-order valence-electron chi connectivity index (χ0n) is 15.4. The highest BCUT2D eigenvalue weighted by atomic mass is 19.4. The number of halogens is 3. The molecular formula is C20H21F3O4. The summed E-state index contributed by atoms with van der Waals surface area (Å²) in [7, 11) is 1.42. The van der Waals surface area contributed by atoms with Crippen molar-refractivity contribution in [3.63, 3.8) is 0 Å². The molecule has 0 radical (unpaired) electrons. The molecule has 0 amide bonds. The average molecular weight is 382 g/mol. The van der Waals surface area contributed by atoms with Gasteiger partial charge < -0.3 is 14.2 Å². The number of aryl methyl sites for hydroxylation is 1. The molecule has 0 saturated carbocycles. The number of alkyl halides is 3. The normalized spacial score (nSPS) is 11.2. The van der Waals surface area contributed by atoms with Gasteiger partial charge in [0.25, 0.3) is 0 Å². The molecule has 0 saturated heterocycles. The van der Waals surface area contributed by atoms with Gasteiger partial charge in [0.05, 0.1) is 18.2 Å². The lowest BCUT2D eigenvalue weighted by Crippen LogP contribution is -2.12. The minimum Gasteiger partial charge on any atom is -0.496 e. The zero-order valence-corrected chi connectivity index (χ0v) is 15.4. The van der Waals surface area contributed by atoms with Crippen LogP contribution in [0, 0.1) is 0 Å². The third-order valence-electron chi connectivity index (χ3n) is 3.95. The van der Waals surface area contributed by atoms with Gasteiger partial charge in [-0.1, -0.05) is 26.0 Å². The molecule has 4 nitrogen and oxygen atoms in total. The van der Waals surface area contributed by atoms with E-state index in [-0.39, 0.29) is 24.5 Å². The number of carbonyl (C=O) groups excluding carboxylic acids is 1. The summed E-state index contributed by atoms with van der Waals surface area (Å²) in [4.78, 5) is 11.6. The van der Waals surface area contributed by atoms with E-state index in [1.54, 1.807) is 38.1 Å². The summed E-state index contributed by atoms with van der Waals surface area (Å²) in [5, 5.41) is 0. The molecule has 0 atom stereocenters. The standard InChI is InChI=1S/C20H21F3O4/c1-4-13-9-10-18(15(11-13)20(21,22)23)26-12-14-16(25-3)7-6-8-17(14)27-19(24)5-2/h6-11H,4-5,12H2,1-3H3. The van der Waals surface area contributed by atoms with Crippen molar-refractivity contribution in [1.29, 1.82) is 0 Å². The van der Waals surface area contributed by atoms with Crippen molar-refractivity contribution in [1.82, 2.24) is 0 Å². The van der Waals surface area contributed by atoms with Crippen LogP contribution in [0.2, 0.25) is 0 Å². The number of rotatable bonds is 7. The lowest BCUT2D eigenvalue weighted by atomic mass is 10.1. The van der Waals surface area contributed by atoms with Crippen LogP contribution in [0.4, 0.5) is 13.2 Å². The maximum absolute atomic E-state index is 13.4. The van der Waals surface area contributed by atoms with E-state index in [1.165, 1.54) is 13.2 Å². The zero-order chi connectivity index (χ0) is 20.0. The van der Waals surface area contributed by atoms with Gasteiger partial charge in [0.1, 0.15) is 23.9 Å². The van der Waals surface area contributed by atoms with Crippen LogP contribution in [0.15, 0.2) is 36.4 Å². The summed E-state index contributed by atoms with van der Waals surface area (Å²) in [6, 6.07) is 8.75. The van der Waals surface area contributed by atoms with E-state index in [4.69, 9.17) is 14.2 Å². The maximum Gasteiger partial charge on any atom is 0.419 e. The Labute approximate surface area is 155 Å². The maximum atomic E-state index is 13.4. The first-order chi connectivity index (χ1) is 12.8. The Kier molecular flexibility index (Phi) is 6.71. The molecule has 0 N–H and O–H groups in total. The summed E-state index contributed by atoms with van der Waals surface area (Å²) in [6.45, 7) is 3.17. The van der Waals surface area contributed by atoms with E-state index in [1.807, 2.05) is 0 Å². The lowest BCUT2D eigenvalue weighted by Gasteiger charge is -2.17. The van der Waals surface area contributed by atoms with Gasteiger partial charge in [-0.2, -0.15) is 13.2 Å². The fraction of sp³-hybridized carbons (Fsp3) is 0.350. The van der Waals surface area contributed by atoms with Crippen LogP contribution in [-0.4, -0.2) is 13.1 Å². The first kappa shape index (κ1) is 20.6. The molecule has 2 rings (SSSR count). The molecule has 0 unspecified atom stereocenters. The van der Waals surface area contributed by atoms with E-state index in [0.717, 1.165) is 6.07 Å². The van der Waals surface area contributed by atoms with Crippen molar-refractivity contribution < 1.29 is 32.2 Å². The number of carbonyl (C=O) groups is 1. The van der Waals surface area contributed by atoms with E-state index >= 15 is 0 Å². The third kappa shape index (κ3) is 5.15. The molecule has 27 heavy (non-hydrogen) atoms. The van der Waals surface area contributed by atoms with Gasteiger partial charge in [0.15, 0.2) is 0 Å². The van der Waals surface area contributed by atoms with Gasteiger partial charge >= 0.3 is 12.1 Å². The number of esters is 1. The van der Waals surface area contributed by atoms with Crippen LogP contribution < -0.4 is 14.2 Å². The van der Waals surface area contributed by atoms with Crippen LogP contribution in [0.5, 0.6) is 17.2 Å². The van der Waals surface area contributed by atoms with Crippen molar-refractivity contribution in [3.8, 4) is 17.2 Å². The second-order valence-corrected chi connectivity index (χ2v) is 5.74. The van der Waals surface area contributed by atoms with Gasteiger partial charge in [-0.15, -0.1) is 0 Å². The molecule has 2 aromatic rings. The van der Waals surface area contributed by atoms with E-state index in [9.17, 15) is 18.0 Å². The number of ether oxygens (including phenoxy) is 3. The Bertz CT molecular complexity index is 800. The lowest BCUT2D eigenvalue weighted by molar-refractivity contribution is -0.139. The quantitative estimate of drug-likeness (QED) is 0.489. The Morgan fingerprint density at radius 2 is 1.74 bits per heavy atom. The molecule has 2 aromatic carbocycles. The number of hydrogen-bond donors (Lipinski definition) is 0. The second kappa shape index (κ2) is 8.79. The molecule has 0 spiro atoms. The Hall–Kier alpha value is -2.70. The minimum absolute atomic E-state index is 0.161. The number of hydrogen-bond acceptors (Lipinski definition) is 4. The largest absolute Gasteiger partial charge is 0.496 e. The number of methoxy groups -OCH3 is 1. The Balaban J connectivity index is 2.35. The third-order valence-corrected chi connectivity index (χ3v) is 3.95. The first-order valence-corrected chi connectivity index (χ1v) is 8.49. The molecule has 0 aliphatic carbocycles. The summed E-state index contributed by atoms with van der Waals surface area (Å²) < 4.78 is 56.0. The van der Waals surface area contributed by atoms with Gasteiger partial charge in [-0.3, -0.25) is 4.79 Å². The van der Waals surface area contributed by atoms with Crippen LogP contribution in [-0.2, 0) is 24.0 Å². The van der Waals surface area contributed by atoms with Gasteiger partial charge in [0, 0.05) is 6.42 Å². The average Bonchev–Trinajstić information content (AvgIpc) is 2.65. The topological polar surface area (TPSA) is 44.8 Å². The summed E-state index contributed by atoms with van der Waals surface area (Å²) in [5.41, 5.74) is 0.0721. The van der Waals surface area contributed by atoms with Crippen molar-refractivity contribution in [2.75, 3.05) is 7.11 Å². The van der Waals surface area contributed by atoms with Crippen molar-refractivity contribution in [2.45, 2.75) is 39.5 Å². The summed E-state index contributed by atoms with van der Waals surface area (Å²) >= 11 is 0. The van der Waals surface area contributed by atoms with Gasteiger partial charge in [0.2, 0.25) is 0 Å². The molecule has 7 heteroatoms. The van der Waals surface area contributed by atoms with Crippen LogP contribution in [0.25, 0.3) is 0 Å². The van der Waals surface area contributed by atoms with E-state index in [0.29, 0.717) is 23.3 Å². The number of benzene rings is 2. The molecule has 0 fully saturated rings. The smallest absolute Gasteiger partial charge is 0.419 e. The van der Waals surface area contributed by atoms with E-state index in [2.05, 4.69) is 0 Å². The summed E-state index contributed by atoms with van der Waals surface area (Å²) in [5.74, 6) is -0.207. The predicted molar refractivity (Wildman–Crippen MR) is 94.1 cm³/mol. The molecular weight excluding hydrogens is 361 g/mol. The molecule has 0 bridgehead atoms. The van der Waals surface area contributed by atoms with Crippen LogP contribution in [0.3, 0.4) is 0 Å². The molecule has 0 heterocycles. The SMILES string of the molecule is CCC(=O)Oc1cccc(OC)c1COc1ccc(CC)cc1C(F)(F)F. The van der Waals surface area contributed by atoms with Gasteiger partial charge in [-0.25, -0.2) is 0 Å². The highest BCUT2D eigenvalue weighted by molar-refractivity contribution is 5.72. The summed E-state index contributed by atoms with van der Waals surface area (Å²) in [6.07, 6.45) is -3.90. The highest BCUT2D eigenvalue weighted by Gasteiger charge is 2.34. The van der Waals surface area contributed by atoms with Crippen LogP contribution >= 0.6 is 0 Å². The second-order valence-electron chi connectivity index (χ2n) is 5.74. The Morgan fingerprint density at radius 3 is 2.33 bits per heavy atom. The van der Waals surface area contributed by atoms with Crippen LogP contribution in [0.1, 0.15) is 37.0 Å².